The van der Waals surface area contributed by atoms with E-state index in [4.69, 9.17) is 17.0 Å². The first-order valence-electron chi connectivity index (χ1n) is 8.78. The van der Waals surface area contributed by atoms with Crippen molar-refractivity contribution in [1.82, 2.24) is 0 Å². The Hall–Kier alpha value is -3.10. The van der Waals surface area contributed by atoms with Gasteiger partial charge in [0.05, 0.1) is 17.7 Å². The van der Waals surface area contributed by atoms with Gasteiger partial charge in [-0.3, -0.25) is 4.72 Å². The van der Waals surface area contributed by atoms with E-state index in [-0.39, 0.29) is 4.90 Å². The minimum Gasteiger partial charge on any atom is -0.495 e. The molecule has 0 fully saturated rings. The summed E-state index contributed by atoms with van der Waals surface area (Å²) in [6, 6.07) is 20.8. The van der Waals surface area contributed by atoms with Crippen molar-refractivity contribution in [2.24, 2.45) is 0 Å². The van der Waals surface area contributed by atoms with Gasteiger partial charge in [0, 0.05) is 11.4 Å². The lowest BCUT2D eigenvalue weighted by molar-refractivity contribution is 0.417. The molecule has 3 aromatic carbocycles. The van der Waals surface area contributed by atoms with E-state index >= 15 is 0 Å². The van der Waals surface area contributed by atoms with Gasteiger partial charge in [0.25, 0.3) is 10.0 Å². The number of hydrogen-bond donors (Lipinski definition) is 3. The van der Waals surface area contributed by atoms with Gasteiger partial charge in [0.2, 0.25) is 0 Å². The third-order valence-corrected chi connectivity index (χ3v) is 5.65. The van der Waals surface area contributed by atoms with Crippen LogP contribution in [0.2, 0.25) is 0 Å². The van der Waals surface area contributed by atoms with E-state index in [2.05, 4.69) is 15.4 Å². The number of para-hydroxylation sites is 1. The maximum absolute atomic E-state index is 12.5. The molecular formula is C21H21N3O3S2. The van der Waals surface area contributed by atoms with Gasteiger partial charge in [-0.15, -0.1) is 0 Å². The summed E-state index contributed by atoms with van der Waals surface area (Å²) in [7, 11) is -2.07. The zero-order valence-electron chi connectivity index (χ0n) is 16.0. The van der Waals surface area contributed by atoms with Crippen LogP contribution in [0.4, 0.5) is 17.1 Å². The number of aryl methyl sites for hydroxylation is 1. The number of methoxy groups -OCH3 is 1. The molecule has 0 spiro atoms. The van der Waals surface area contributed by atoms with Gasteiger partial charge in [0.1, 0.15) is 5.75 Å². The van der Waals surface area contributed by atoms with Gasteiger partial charge in [0.15, 0.2) is 5.11 Å². The molecule has 0 heterocycles. The molecule has 0 aliphatic heterocycles. The summed E-state index contributed by atoms with van der Waals surface area (Å²) in [5.41, 5.74) is 2.98. The van der Waals surface area contributed by atoms with E-state index in [1.54, 1.807) is 43.5 Å². The zero-order valence-corrected chi connectivity index (χ0v) is 17.6. The predicted molar refractivity (Wildman–Crippen MR) is 121 cm³/mol. The Morgan fingerprint density at radius 1 is 0.897 bits per heavy atom. The molecule has 0 unspecified atom stereocenters. The summed E-state index contributed by atoms with van der Waals surface area (Å²) in [4.78, 5) is 0.158. The first-order valence-corrected chi connectivity index (χ1v) is 10.7. The quantitative estimate of drug-likeness (QED) is 0.499. The van der Waals surface area contributed by atoms with Crippen LogP contribution in [-0.2, 0) is 10.0 Å². The van der Waals surface area contributed by atoms with Crippen molar-refractivity contribution in [2.45, 2.75) is 11.8 Å². The Morgan fingerprint density at radius 2 is 1.59 bits per heavy atom. The molecule has 29 heavy (non-hydrogen) atoms. The molecule has 150 valence electrons. The summed E-state index contributed by atoms with van der Waals surface area (Å²) in [6.07, 6.45) is 0. The minimum absolute atomic E-state index is 0.158. The topological polar surface area (TPSA) is 79.5 Å². The Balaban J connectivity index is 1.67. The van der Waals surface area contributed by atoms with Gasteiger partial charge >= 0.3 is 0 Å². The Morgan fingerprint density at radius 3 is 2.24 bits per heavy atom. The summed E-state index contributed by atoms with van der Waals surface area (Å²) in [6.45, 7) is 1.98. The lowest BCUT2D eigenvalue weighted by atomic mass is 10.2. The lowest BCUT2D eigenvalue weighted by Crippen LogP contribution is -2.19. The first-order chi connectivity index (χ1) is 13.9. The van der Waals surface area contributed by atoms with E-state index in [9.17, 15) is 8.42 Å². The van der Waals surface area contributed by atoms with Gasteiger partial charge < -0.3 is 15.4 Å². The average molecular weight is 428 g/mol. The normalized spacial score (nSPS) is 10.8. The van der Waals surface area contributed by atoms with Crippen molar-refractivity contribution in [3.05, 3.63) is 78.4 Å². The van der Waals surface area contributed by atoms with Crippen LogP contribution >= 0.6 is 12.2 Å². The van der Waals surface area contributed by atoms with Gasteiger partial charge in [-0.25, -0.2) is 8.42 Å². The fourth-order valence-corrected chi connectivity index (χ4v) is 3.93. The highest BCUT2D eigenvalue weighted by molar-refractivity contribution is 7.92. The van der Waals surface area contributed by atoms with Crippen LogP contribution in [0.5, 0.6) is 5.75 Å². The van der Waals surface area contributed by atoms with Crippen LogP contribution in [0.15, 0.2) is 77.7 Å². The molecule has 0 atom stereocenters. The van der Waals surface area contributed by atoms with Crippen molar-refractivity contribution in [3.8, 4) is 5.75 Å². The highest BCUT2D eigenvalue weighted by Crippen LogP contribution is 2.25. The zero-order chi connectivity index (χ0) is 20.9. The van der Waals surface area contributed by atoms with Gasteiger partial charge in [-0.2, -0.15) is 0 Å². The molecule has 0 aliphatic carbocycles. The van der Waals surface area contributed by atoms with E-state index in [0.717, 1.165) is 11.3 Å². The number of anilines is 3. The second-order valence-electron chi connectivity index (χ2n) is 6.28. The van der Waals surface area contributed by atoms with E-state index < -0.39 is 10.0 Å². The Labute approximate surface area is 176 Å². The molecule has 3 rings (SSSR count). The number of thiocarbonyl (C=S) groups is 1. The summed E-state index contributed by atoms with van der Waals surface area (Å²) >= 11 is 5.35. The SMILES string of the molecule is COc1ccc(C)cc1NC(=S)Nc1ccc(S(=O)(=O)Nc2ccccc2)cc1. The first kappa shape index (κ1) is 20.6. The molecular weight excluding hydrogens is 406 g/mol. The number of hydrogen-bond acceptors (Lipinski definition) is 4. The molecule has 0 bridgehead atoms. The number of rotatable bonds is 6. The number of ether oxygens (including phenoxy) is 1. The molecule has 0 aromatic heterocycles. The Kier molecular flexibility index (Phi) is 6.36. The standard InChI is InChI=1S/C21H21N3O3S2/c1-15-8-13-20(27-2)19(14-15)23-21(28)22-16-9-11-18(12-10-16)29(25,26)24-17-6-4-3-5-7-17/h3-14,24H,1-2H3,(H2,22,23,28). The van der Waals surface area contributed by atoms with Crippen LogP contribution in [0, 0.1) is 6.92 Å². The largest absolute Gasteiger partial charge is 0.495 e. The van der Waals surface area contributed by atoms with Crippen LogP contribution in [-0.4, -0.2) is 20.6 Å². The maximum Gasteiger partial charge on any atom is 0.261 e. The molecule has 0 saturated carbocycles. The second kappa shape index (κ2) is 8.93. The second-order valence-corrected chi connectivity index (χ2v) is 8.37. The lowest BCUT2D eigenvalue weighted by Gasteiger charge is -2.14. The number of nitrogens with one attached hydrogen (secondary N) is 3. The van der Waals surface area contributed by atoms with Crippen LogP contribution in [0.3, 0.4) is 0 Å². The van der Waals surface area contributed by atoms with Gasteiger partial charge in [-0.1, -0.05) is 24.3 Å². The van der Waals surface area contributed by atoms with Gasteiger partial charge in [-0.05, 0) is 73.2 Å². The molecule has 0 saturated heterocycles. The van der Waals surface area contributed by atoms with Crippen molar-refractivity contribution in [1.29, 1.82) is 0 Å². The number of sulfonamides is 1. The van der Waals surface area contributed by atoms with Crippen molar-refractivity contribution in [2.75, 3.05) is 22.5 Å². The van der Waals surface area contributed by atoms with E-state index in [0.29, 0.717) is 22.2 Å². The summed E-state index contributed by atoms with van der Waals surface area (Å²) in [5, 5.41) is 6.50. The molecule has 3 aromatic rings. The van der Waals surface area contributed by atoms with Crippen molar-refractivity contribution >= 4 is 44.4 Å². The third kappa shape index (κ3) is 5.46. The van der Waals surface area contributed by atoms with Crippen LogP contribution in [0.1, 0.15) is 5.56 Å². The monoisotopic (exact) mass is 427 g/mol. The fraction of sp³-hybridized carbons (Fsp3) is 0.0952. The Bertz CT molecular complexity index is 1100. The predicted octanol–water partition coefficient (Wildman–Crippen LogP) is 4.61. The van der Waals surface area contributed by atoms with Crippen LogP contribution in [0.25, 0.3) is 0 Å². The third-order valence-electron chi connectivity index (χ3n) is 4.05. The smallest absolute Gasteiger partial charge is 0.261 e. The summed E-state index contributed by atoms with van der Waals surface area (Å²) < 4.78 is 32.9. The van der Waals surface area contributed by atoms with E-state index in [1.807, 2.05) is 31.2 Å². The van der Waals surface area contributed by atoms with Crippen molar-refractivity contribution < 1.29 is 13.2 Å². The average Bonchev–Trinajstić information content (AvgIpc) is 2.69. The highest BCUT2D eigenvalue weighted by Gasteiger charge is 2.14. The molecule has 0 aliphatic rings. The molecule has 3 N–H and O–H groups in total. The summed E-state index contributed by atoms with van der Waals surface area (Å²) in [5.74, 6) is 0.674. The maximum atomic E-state index is 12.5. The molecule has 6 nitrogen and oxygen atoms in total. The minimum atomic E-state index is -3.66. The van der Waals surface area contributed by atoms with Crippen molar-refractivity contribution in [3.63, 3.8) is 0 Å². The fourth-order valence-electron chi connectivity index (χ4n) is 2.64. The molecule has 0 radical (unpaired) electrons. The van der Waals surface area contributed by atoms with Crippen LogP contribution < -0.4 is 20.1 Å². The molecule has 0 amide bonds. The van der Waals surface area contributed by atoms with E-state index in [1.165, 1.54) is 12.1 Å². The molecule has 8 heteroatoms. The highest BCUT2D eigenvalue weighted by atomic mass is 32.2. The number of benzene rings is 3.